The Hall–Kier alpha value is -1.16. The first kappa shape index (κ1) is 19.6. The second-order valence-corrected chi connectivity index (χ2v) is 9.31. The van der Waals surface area contributed by atoms with Crippen LogP contribution < -0.4 is 5.32 Å². The average Bonchev–Trinajstić information content (AvgIpc) is 3.17. The van der Waals surface area contributed by atoms with Gasteiger partial charge in [0.2, 0.25) is 0 Å². The van der Waals surface area contributed by atoms with Gasteiger partial charge in [0.15, 0.2) is 0 Å². The highest BCUT2D eigenvalue weighted by atomic mass is 32.1. The lowest BCUT2D eigenvalue weighted by Gasteiger charge is -2.42. The minimum Gasteiger partial charge on any atom is -0.378 e. The maximum Gasteiger partial charge on any atom is 0.118 e. The summed E-state index contributed by atoms with van der Waals surface area (Å²) in [6.45, 7) is 11.1. The van der Waals surface area contributed by atoms with E-state index in [0.717, 1.165) is 26.0 Å². The molecule has 0 bridgehead atoms. The van der Waals surface area contributed by atoms with Crippen molar-refractivity contribution in [1.29, 1.82) is 0 Å². The van der Waals surface area contributed by atoms with Crippen LogP contribution in [0.4, 0.5) is 0 Å². The van der Waals surface area contributed by atoms with Crippen molar-refractivity contribution in [2.75, 3.05) is 13.2 Å². The molecule has 2 N–H and O–H groups in total. The molecular weight excluding hydrogens is 338 g/mol. The second kappa shape index (κ2) is 8.69. The van der Waals surface area contributed by atoms with Gasteiger partial charge in [0.25, 0.3) is 0 Å². The van der Waals surface area contributed by atoms with Crippen LogP contribution in [0.3, 0.4) is 0 Å². The number of rotatable bonds is 7. The first-order valence-corrected chi connectivity index (χ1v) is 10.9. The van der Waals surface area contributed by atoms with Crippen molar-refractivity contribution in [2.45, 2.75) is 64.5 Å². The molecule has 0 unspecified atom stereocenters. The Bertz CT molecular complexity index is 664. The number of aryl methyl sites for hydroxylation is 1. The smallest absolute Gasteiger partial charge is 0.118 e. The third kappa shape index (κ3) is 4.57. The summed E-state index contributed by atoms with van der Waals surface area (Å²) in [5.41, 5.74) is 3.11. The SMILES string of the molecule is Cc1ccc([C@@]2(CC[NH2+][C@@H](C)c3cccs3)CCO[C@@H](C(C)C)C2)cc1. The van der Waals surface area contributed by atoms with Crippen LogP contribution in [0.5, 0.6) is 0 Å². The highest BCUT2D eigenvalue weighted by Crippen LogP contribution is 2.41. The molecule has 0 radical (unpaired) electrons. The quantitative estimate of drug-likeness (QED) is 0.739. The Morgan fingerprint density at radius 1 is 1.19 bits per heavy atom. The number of benzene rings is 1. The Morgan fingerprint density at radius 3 is 2.62 bits per heavy atom. The molecule has 1 aliphatic rings. The van der Waals surface area contributed by atoms with E-state index < -0.39 is 0 Å². The zero-order chi connectivity index (χ0) is 18.6. The average molecular weight is 373 g/mol. The zero-order valence-electron chi connectivity index (χ0n) is 16.7. The Balaban J connectivity index is 1.73. The summed E-state index contributed by atoms with van der Waals surface area (Å²) >= 11 is 1.87. The molecule has 1 aromatic carbocycles. The van der Waals surface area contributed by atoms with Crippen molar-refractivity contribution < 1.29 is 10.1 Å². The lowest BCUT2D eigenvalue weighted by atomic mass is 9.68. The number of hydrogen-bond donors (Lipinski definition) is 1. The lowest BCUT2D eigenvalue weighted by molar-refractivity contribution is -0.693. The van der Waals surface area contributed by atoms with Gasteiger partial charge in [0.05, 0.1) is 17.5 Å². The molecule has 1 aromatic heterocycles. The molecular formula is C23H34NOS+. The highest BCUT2D eigenvalue weighted by Gasteiger charge is 2.39. The van der Waals surface area contributed by atoms with Crippen LogP contribution >= 0.6 is 11.3 Å². The first-order chi connectivity index (χ1) is 12.5. The molecule has 142 valence electrons. The van der Waals surface area contributed by atoms with Crippen LogP contribution in [0.25, 0.3) is 0 Å². The molecule has 2 nitrogen and oxygen atoms in total. The summed E-state index contributed by atoms with van der Waals surface area (Å²) < 4.78 is 6.12. The van der Waals surface area contributed by atoms with E-state index >= 15 is 0 Å². The van der Waals surface area contributed by atoms with Gasteiger partial charge in [-0.1, -0.05) is 49.7 Å². The summed E-state index contributed by atoms with van der Waals surface area (Å²) in [7, 11) is 0. The van der Waals surface area contributed by atoms with Gasteiger partial charge in [0, 0.05) is 18.4 Å². The van der Waals surface area contributed by atoms with Crippen LogP contribution in [0.1, 0.15) is 62.1 Å². The van der Waals surface area contributed by atoms with Crippen LogP contribution in [-0.2, 0) is 10.2 Å². The lowest BCUT2D eigenvalue weighted by Crippen LogP contribution is -2.85. The van der Waals surface area contributed by atoms with E-state index in [1.807, 2.05) is 11.3 Å². The molecule has 3 atom stereocenters. The molecule has 3 rings (SSSR count). The summed E-state index contributed by atoms with van der Waals surface area (Å²) in [4.78, 5) is 1.47. The largest absolute Gasteiger partial charge is 0.378 e. The van der Waals surface area contributed by atoms with E-state index in [4.69, 9.17) is 4.74 Å². The molecule has 1 fully saturated rings. The van der Waals surface area contributed by atoms with Crippen molar-refractivity contribution in [1.82, 2.24) is 0 Å². The van der Waals surface area contributed by atoms with Gasteiger partial charge in [-0.15, -0.1) is 11.3 Å². The van der Waals surface area contributed by atoms with Crippen molar-refractivity contribution >= 4 is 11.3 Å². The van der Waals surface area contributed by atoms with E-state index in [9.17, 15) is 0 Å². The van der Waals surface area contributed by atoms with E-state index in [1.54, 1.807) is 0 Å². The van der Waals surface area contributed by atoms with Crippen molar-refractivity contribution in [2.24, 2.45) is 5.92 Å². The maximum absolute atomic E-state index is 6.12. The molecule has 1 aliphatic heterocycles. The van der Waals surface area contributed by atoms with Crippen molar-refractivity contribution in [3.8, 4) is 0 Å². The maximum atomic E-state index is 6.12. The molecule has 0 spiro atoms. The Labute approximate surface area is 163 Å². The number of hydrogen-bond acceptors (Lipinski definition) is 2. The predicted octanol–water partition coefficient (Wildman–Crippen LogP) is 4.84. The fourth-order valence-electron chi connectivity index (χ4n) is 4.20. The zero-order valence-corrected chi connectivity index (χ0v) is 17.5. The van der Waals surface area contributed by atoms with E-state index in [0.29, 0.717) is 18.1 Å². The third-order valence-electron chi connectivity index (χ3n) is 6.05. The standard InChI is InChI=1S/C23H33NOS/c1-17(2)21-16-23(12-14-25-21,20-9-7-18(3)8-10-20)11-13-24-19(4)22-6-5-15-26-22/h5-10,15,17,19,21,24H,11-14,16H2,1-4H3/p+1/t19-,21+,23-/m0/s1. The van der Waals surface area contributed by atoms with Gasteiger partial charge in [-0.05, 0) is 49.6 Å². The number of thiophene rings is 1. The fraction of sp³-hybridized carbons (Fsp3) is 0.565. The van der Waals surface area contributed by atoms with Gasteiger partial charge in [-0.2, -0.15) is 0 Å². The molecule has 3 heteroatoms. The molecule has 2 heterocycles. The van der Waals surface area contributed by atoms with Gasteiger partial charge in [-0.3, -0.25) is 0 Å². The normalized spacial score (nSPS) is 24.7. The van der Waals surface area contributed by atoms with Crippen molar-refractivity contribution in [3.63, 3.8) is 0 Å². The van der Waals surface area contributed by atoms with Crippen molar-refractivity contribution in [3.05, 3.63) is 57.8 Å². The molecule has 0 amide bonds. The van der Waals surface area contributed by atoms with E-state index in [1.165, 1.54) is 22.4 Å². The van der Waals surface area contributed by atoms with Gasteiger partial charge < -0.3 is 10.1 Å². The van der Waals surface area contributed by atoms with Crippen LogP contribution in [0.15, 0.2) is 41.8 Å². The Kier molecular flexibility index (Phi) is 6.55. The van der Waals surface area contributed by atoms with Gasteiger partial charge in [-0.25, -0.2) is 0 Å². The minimum atomic E-state index is 0.257. The second-order valence-electron chi connectivity index (χ2n) is 8.33. The first-order valence-electron chi connectivity index (χ1n) is 10.1. The summed E-state index contributed by atoms with van der Waals surface area (Å²) in [5.74, 6) is 0.578. The summed E-state index contributed by atoms with van der Waals surface area (Å²) in [5, 5.41) is 4.70. The minimum absolute atomic E-state index is 0.257. The van der Waals surface area contributed by atoms with Crippen LogP contribution in [-0.4, -0.2) is 19.3 Å². The van der Waals surface area contributed by atoms with Gasteiger partial charge in [0.1, 0.15) is 6.04 Å². The predicted molar refractivity (Wildman–Crippen MR) is 111 cm³/mol. The molecule has 1 saturated heterocycles. The molecule has 0 aliphatic carbocycles. The monoisotopic (exact) mass is 372 g/mol. The van der Waals surface area contributed by atoms with Crippen LogP contribution in [0, 0.1) is 12.8 Å². The highest BCUT2D eigenvalue weighted by molar-refractivity contribution is 7.10. The van der Waals surface area contributed by atoms with Gasteiger partial charge >= 0.3 is 0 Å². The summed E-state index contributed by atoms with van der Waals surface area (Å²) in [6, 6.07) is 14.2. The third-order valence-corrected chi connectivity index (χ3v) is 7.12. The molecule has 0 saturated carbocycles. The topological polar surface area (TPSA) is 25.8 Å². The van der Waals surface area contributed by atoms with Crippen LogP contribution in [0.2, 0.25) is 0 Å². The van der Waals surface area contributed by atoms with E-state index in [2.05, 4.69) is 74.8 Å². The fourth-order valence-corrected chi connectivity index (χ4v) is 4.98. The molecule has 2 aromatic rings. The summed E-state index contributed by atoms with van der Waals surface area (Å²) in [6.07, 6.45) is 3.88. The number of nitrogens with two attached hydrogens (primary N) is 1. The number of ether oxygens (including phenoxy) is 1. The molecule has 26 heavy (non-hydrogen) atoms. The number of quaternary nitrogens is 1. The van der Waals surface area contributed by atoms with E-state index in [-0.39, 0.29) is 5.41 Å². The Morgan fingerprint density at radius 2 is 1.96 bits per heavy atom.